The molecule has 34 heavy (non-hydrogen) atoms. The number of carbonyl (C=O) groups excluding carboxylic acids is 2. The lowest BCUT2D eigenvalue weighted by Crippen LogP contribution is -2.35. The molecule has 7 nitrogen and oxygen atoms in total. The zero-order chi connectivity index (χ0) is 23.7. The third-order valence-corrected chi connectivity index (χ3v) is 8.18. The van der Waals surface area contributed by atoms with Crippen molar-refractivity contribution < 1.29 is 19.1 Å². The molecule has 3 saturated heterocycles. The number of ether oxygens (including phenoxy) is 2. The number of carbonyl (C=O) groups is 2. The van der Waals surface area contributed by atoms with E-state index in [1.807, 2.05) is 35.0 Å². The number of hydrogen-bond acceptors (Lipinski definition) is 6. The lowest BCUT2D eigenvalue weighted by molar-refractivity contribution is -0.123. The second kappa shape index (κ2) is 10.5. The zero-order valence-electron chi connectivity index (χ0n) is 18.6. The maximum Gasteiger partial charge on any atom is 0.266 e. The van der Waals surface area contributed by atoms with Crippen LogP contribution >= 0.6 is 39.9 Å². The molecule has 2 amide bonds. The average Bonchev–Trinajstić information content (AvgIpc) is 3.60. The van der Waals surface area contributed by atoms with Crippen LogP contribution in [0.15, 0.2) is 33.8 Å². The fraction of sp³-hybridized carbons (Fsp3) is 0.458. The van der Waals surface area contributed by atoms with E-state index in [1.54, 1.807) is 4.90 Å². The maximum absolute atomic E-state index is 13.1. The van der Waals surface area contributed by atoms with Gasteiger partial charge in [0.05, 0.1) is 23.7 Å². The minimum Gasteiger partial charge on any atom is -0.376 e. The SMILES string of the molecule is O=C(Cn1cc(/C=C2\SC(=S)N(C[C@@H]3CCCO3)C2=O)c2cc(Br)ccc21)NC[C@@H]1CCCO1. The Bertz CT molecular complexity index is 1150. The minimum atomic E-state index is -0.0873. The molecule has 2 aromatic rings. The quantitative estimate of drug-likeness (QED) is 0.404. The van der Waals surface area contributed by atoms with Crippen LogP contribution in [0.1, 0.15) is 31.2 Å². The first kappa shape index (κ1) is 24.0. The smallest absolute Gasteiger partial charge is 0.266 e. The predicted molar refractivity (Wildman–Crippen MR) is 140 cm³/mol. The van der Waals surface area contributed by atoms with E-state index in [4.69, 9.17) is 21.7 Å². The van der Waals surface area contributed by atoms with E-state index in [1.165, 1.54) is 11.8 Å². The van der Waals surface area contributed by atoms with Gasteiger partial charge in [0.1, 0.15) is 10.9 Å². The standard InChI is InChI=1S/C24H26BrN3O4S2/c25-16-5-6-20-19(10-16)15(12-27(20)14-22(29)26-11-17-3-1-7-31-17)9-21-23(30)28(24(33)34-21)13-18-4-2-8-32-18/h5-6,9-10,12,17-18H,1-4,7-8,11,13-14H2,(H,26,29)/b21-9-/t17-,18-/m0/s1. The Morgan fingerprint density at radius 2 is 2.00 bits per heavy atom. The molecule has 1 aromatic heterocycles. The Hall–Kier alpha value is -1.72. The van der Waals surface area contributed by atoms with E-state index in [9.17, 15) is 9.59 Å². The number of hydrogen-bond donors (Lipinski definition) is 1. The first-order valence-corrected chi connectivity index (χ1v) is 13.5. The summed E-state index contributed by atoms with van der Waals surface area (Å²) in [5.74, 6) is -0.152. The molecule has 180 valence electrons. The van der Waals surface area contributed by atoms with Gasteiger partial charge in [-0.3, -0.25) is 14.5 Å². The number of amides is 2. The van der Waals surface area contributed by atoms with Crippen LogP contribution in [0, 0.1) is 0 Å². The van der Waals surface area contributed by atoms with Crippen molar-refractivity contribution in [3.8, 4) is 0 Å². The molecular formula is C24H26BrN3O4S2. The fourth-order valence-corrected chi connectivity index (χ4v) is 6.20. The number of fused-ring (bicyclic) bond motifs is 1. The van der Waals surface area contributed by atoms with Crippen molar-refractivity contribution in [3.05, 3.63) is 39.3 Å². The first-order chi connectivity index (χ1) is 16.5. The lowest BCUT2D eigenvalue weighted by Gasteiger charge is -2.18. The van der Waals surface area contributed by atoms with Gasteiger partial charge in [0.15, 0.2) is 0 Å². The molecule has 0 unspecified atom stereocenters. The largest absolute Gasteiger partial charge is 0.376 e. The Morgan fingerprint density at radius 3 is 2.74 bits per heavy atom. The summed E-state index contributed by atoms with van der Waals surface area (Å²) in [6.45, 7) is 2.73. The van der Waals surface area contributed by atoms with Crippen molar-refractivity contribution in [1.29, 1.82) is 0 Å². The molecule has 0 bridgehead atoms. The van der Waals surface area contributed by atoms with E-state index in [0.717, 1.165) is 59.8 Å². The van der Waals surface area contributed by atoms with E-state index >= 15 is 0 Å². The number of thiocarbonyl (C=S) groups is 1. The number of aromatic nitrogens is 1. The van der Waals surface area contributed by atoms with Gasteiger partial charge in [0, 0.05) is 46.9 Å². The van der Waals surface area contributed by atoms with E-state index in [-0.39, 0.29) is 30.6 Å². The van der Waals surface area contributed by atoms with Crippen LogP contribution in [0.5, 0.6) is 0 Å². The normalized spacial score (nSPS) is 24.1. The summed E-state index contributed by atoms with van der Waals surface area (Å²) in [7, 11) is 0. The second-order valence-electron chi connectivity index (χ2n) is 8.74. The summed E-state index contributed by atoms with van der Waals surface area (Å²) in [5.41, 5.74) is 1.80. The Balaban J connectivity index is 1.36. The van der Waals surface area contributed by atoms with E-state index in [2.05, 4.69) is 21.2 Å². The molecule has 1 N–H and O–H groups in total. The van der Waals surface area contributed by atoms with Gasteiger partial charge in [-0.25, -0.2) is 0 Å². The van der Waals surface area contributed by atoms with E-state index in [0.29, 0.717) is 22.3 Å². The highest BCUT2D eigenvalue weighted by Gasteiger charge is 2.34. The van der Waals surface area contributed by atoms with Gasteiger partial charge in [0.2, 0.25) is 5.91 Å². The van der Waals surface area contributed by atoms with Crippen LogP contribution in [0.2, 0.25) is 0 Å². The van der Waals surface area contributed by atoms with Crippen molar-refractivity contribution >= 4 is 73.0 Å². The number of benzene rings is 1. The Kier molecular flexibility index (Phi) is 7.41. The molecule has 0 radical (unpaired) electrons. The van der Waals surface area contributed by atoms with Crippen LogP contribution in [0.4, 0.5) is 0 Å². The third-order valence-electron chi connectivity index (χ3n) is 6.31. The zero-order valence-corrected chi connectivity index (χ0v) is 21.8. The number of nitrogens with one attached hydrogen (secondary N) is 1. The Labute approximate surface area is 216 Å². The van der Waals surface area contributed by atoms with Crippen molar-refractivity contribution in [2.24, 2.45) is 0 Å². The van der Waals surface area contributed by atoms with Gasteiger partial charge in [-0.2, -0.15) is 0 Å². The van der Waals surface area contributed by atoms with Gasteiger partial charge in [-0.1, -0.05) is 39.9 Å². The molecule has 1 aromatic carbocycles. The highest BCUT2D eigenvalue weighted by atomic mass is 79.9. The molecule has 3 aliphatic rings. The minimum absolute atomic E-state index is 0.0489. The molecule has 4 heterocycles. The number of halogens is 1. The lowest BCUT2D eigenvalue weighted by atomic mass is 10.1. The summed E-state index contributed by atoms with van der Waals surface area (Å²) < 4.78 is 14.7. The van der Waals surface area contributed by atoms with Crippen LogP contribution in [0.3, 0.4) is 0 Å². The van der Waals surface area contributed by atoms with Crippen molar-refractivity contribution in [3.63, 3.8) is 0 Å². The van der Waals surface area contributed by atoms with Gasteiger partial charge in [-0.15, -0.1) is 0 Å². The molecule has 0 spiro atoms. The molecule has 3 fully saturated rings. The molecule has 10 heteroatoms. The summed E-state index contributed by atoms with van der Waals surface area (Å²) >= 11 is 10.4. The predicted octanol–water partition coefficient (Wildman–Crippen LogP) is 4.08. The number of nitrogens with zero attached hydrogens (tertiary/aromatic N) is 2. The number of rotatable bonds is 7. The summed E-state index contributed by atoms with van der Waals surface area (Å²) in [5, 5.41) is 3.94. The Morgan fingerprint density at radius 1 is 1.24 bits per heavy atom. The molecular weight excluding hydrogens is 538 g/mol. The average molecular weight is 565 g/mol. The highest BCUT2D eigenvalue weighted by molar-refractivity contribution is 9.10. The van der Waals surface area contributed by atoms with Crippen LogP contribution in [0.25, 0.3) is 17.0 Å². The van der Waals surface area contributed by atoms with Crippen LogP contribution in [-0.2, 0) is 25.6 Å². The van der Waals surface area contributed by atoms with Gasteiger partial charge >= 0.3 is 0 Å². The topological polar surface area (TPSA) is 72.8 Å². The first-order valence-electron chi connectivity index (χ1n) is 11.5. The fourth-order valence-electron chi connectivity index (χ4n) is 4.58. The van der Waals surface area contributed by atoms with E-state index < -0.39 is 0 Å². The molecule has 5 rings (SSSR count). The highest BCUT2D eigenvalue weighted by Crippen LogP contribution is 2.35. The van der Waals surface area contributed by atoms with Crippen molar-refractivity contribution in [1.82, 2.24) is 14.8 Å². The monoisotopic (exact) mass is 563 g/mol. The van der Waals surface area contributed by atoms with Gasteiger partial charge in [0.25, 0.3) is 5.91 Å². The number of thioether (sulfide) groups is 1. The molecule has 0 saturated carbocycles. The molecule has 2 atom stereocenters. The van der Waals surface area contributed by atoms with Gasteiger partial charge < -0.3 is 19.4 Å². The summed E-state index contributed by atoms with van der Waals surface area (Å²) in [4.78, 5) is 28.0. The molecule has 0 aliphatic carbocycles. The summed E-state index contributed by atoms with van der Waals surface area (Å²) in [6.07, 6.45) is 7.95. The van der Waals surface area contributed by atoms with Crippen molar-refractivity contribution in [2.45, 2.75) is 44.4 Å². The molecule has 3 aliphatic heterocycles. The van der Waals surface area contributed by atoms with Crippen LogP contribution in [-0.4, -0.2) is 64.1 Å². The third kappa shape index (κ3) is 5.26. The maximum atomic E-state index is 13.1. The second-order valence-corrected chi connectivity index (χ2v) is 11.3. The van der Waals surface area contributed by atoms with Gasteiger partial charge in [-0.05, 0) is 50.0 Å². The van der Waals surface area contributed by atoms with Crippen LogP contribution < -0.4 is 5.32 Å². The summed E-state index contributed by atoms with van der Waals surface area (Å²) in [6, 6.07) is 5.94. The van der Waals surface area contributed by atoms with Crippen molar-refractivity contribution in [2.75, 3.05) is 26.3 Å².